The summed E-state index contributed by atoms with van der Waals surface area (Å²) in [6.45, 7) is 6.38. The zero-order chi connectivity index (χ0) is 12.0. The molecule has 5 heteroatoms. The standard InChI is InChI=1S/C12H17N5/c1-8-15-16-11-10(13-6-7-17(8)11)14-12(2,3)9-4-5-9/h6-7,9H,4-5H2,1-3H3,(H,13,14). The van der Waals surface area contributed by atoms with Gasteiger partial charge in [0.15, 0.2) is 5.82 Å². The molecule has 1 aliphatic carbocycles. The van der Waals surface area contributed by atoms with Crippen LogP contribution in [0.4, 0.5) is 5.82 Å². The van der Waals surface area contributed by atoms with Crippen molar-refractivity contribution >= 4 is 11.5 Å². The van der Waals surface area contributed by atoms with Crippen molar-refractivity contribution in [1.82, 2.24) is 19.6 Å². The van der Waals surface area contributed by atoms with E-state index in [0.29, 0.717) is 0 Å². The molecule has 0 atom stereocenters. The van der Waals surface area contributed by atoms with Crippen LogP contribution in [0.2, 0.25) is 0 Å². The van der Waals surface area contributed by atoms with Crippen molar-refractivity contribution in [2.24, 2.45) is 5.92 Å². The van der Waals surface area contributed by atoms with Crippen LogP contribution < -0.4 is 5.32 Å². The van der Waals surface area contributed by atoms with Gasteiger partial charge in [0.1, 0.15) is 5.82 Å². The van der Waals surface area contributed by atoms with E-state index >= 15 is 0 Å². The summed E-state index contributed by atoms with van der Waals surface area (Å²) in [7, 11) is 0. The molecule has 0 saturated heterocycles. The molecule has 3 rings (SSSR count). The quantitative estimate of drug-likeness (QED) is 0.878. The number of aryl methyl sites for hydroxylation is 1. The van der Waals surface area contributed by atoms with E-state index in [9.17, 15) is 0 Å². The van der Waals surface area contributed by atoms with Gasteiger partial charge < -0.3 is 5.32 Å². The first-order chi connectivity index (χ1) is 8.08. The third kappa shape index (κ3) is 1.75. The average Bonchev–Trinajstić information content (AvgIpc) is 3.06. The zero-order valence-corrected chi connectivity index (χ0v) is 10.4. The fraction of sp³-hybridized carbons (Fsp3) is 0.583. The van der Waals surface area contributed by atoms with Gasteiger partial charge in [-0.3, -0.25) is 4.40 Å². The first kappa shape index (κ1) is 10.5. The largest absolute Gasteiger partial charge is 0.362 e. The van der Waals surface area contributed by atoms with Crippen LogP contribution in [0.1, 0.15) is 32.5 Å². The van der Waals surface area contributed by atoms with Gasteiger partial charge in [-0.1, -0.05) is 0 Å². The van der Waals surface area contributed by atoms with Crippen LogP contribution in [0.5, 0.6) is 0 Å². The maximum Gasteiger partial charge on any atom is 0.203 e. The Balaban J connectivity index is 2.00. The zero-order valence-electron chi connectivity index (χ0n) is 10.4. The summed E-state index contributed by atoms with van der Waals surface area (Å²) in [6.07, 6.45) is 6.28. The molecule has 2 aromatic heterocycles. The number of fused-ring (bicyclic) bond motifs is 1. The molecule has 0 bridgehead atoms. The Labute approximate surface area is 100 Å². The molecule has 5 nitrogen and oxygen atoms in total. The van der Waals surface area contributed by atoms with Crippen LogP contribution in [-0.2, 0) is 0 Å². The van der Waals surface area contributed by atoms with E-state index in [0.717, 1.165) is 23.2 Å². The van der Waals surface area contributed by atoms with E-state index in [1.165, 1.54) is 12.8 Å². The lowest BCUT2D eigenvalue weighted by Gasteiger charge is -2.26. The summed E-state index contributed by atoms with van der Waals surface area (Å²) >= 11 is 0. The fourth-order valence-corrected chi connectivity index (χ4v) is 2.24. The minimum absolute atomic E-state index is 0.0781. The molecule has 90 valence electrons. The van der Waals surface area contributed by atoms with Crippen molar-refractivity contribution < 1.29 is 0 Å². The maximum absolute atomic E-state index is 4.38. The predicted octanol–water partition coefficient (Wildman–Crippen LogP) is 2.03. The molecule has 1 aliphatic rings. The van der Waals surface area contributed by atoms with Crippen molar-refractivity contribution in [3.63, 3.8) is 0 Å². The second-order valence-electron chi connectivity index (χ2n) is 5.34. The SMILES string of the molecule is Cc1nnc2c(NC(C)(C)C3CC3)nccn12. The van der Waals surface area contributed by atoms with Gasteiger partial charge in [0, 0.05) is 17.9 Å². The Morgan fingerprint density at radius 3 is 2.82 bits per heavy atom. The number of aromatic nitrogens is 4. The Bertz CT molecular complexity index is 553. The maximum atomic E-state index is 4.38. The Morgan fingerprint density at radius 1 is 1.35 bits per heavy atom. The number of nitrogens with zero attached hydrogens (tertiary/aromatic N) is 4. The highest BCUT2D eigenvalue weighted by Gasteiger charge is 2.38. The molecule has 0 aliphatic heterocycles. The predicted molar refractivity (Wildman–Crippen MR) is 65.9 cm³/mol. The summed E-state index contributed by atoms with van der Waals surface area (Å²) in [5, 5.41) is 11.8. The molecule has 0 unspecified atom stereocenters. The number of anilines is 1. The molecule has 1 N–H and O–H groups in total. The molecule has 1 saturated carbocycles. The normalized spacial score (nSPS) is 16.4. The van der Waals surface area contributed by atoms with Crippen molar-refractivity contribution in [3.8, 4) is 0 Å². The van der Waals surface area contributed by atoms with Gasteiger partial charge in [0.05, 0.1) is 0 Å². The third-order valence-corrected chi connectivity index (χ3v) is 3.54. The van der Waals surface area contributed by atoms with E-state index in [4.69, 9.17) is 0 Å². The van der Waals surface area contributed by atoms with Crippen LogP contribution in [0.3, 0.4) is 0 Å². The van der Waals surface area contributed by atoms with Crippen LogP contribution in [0, 0.1) is 12.8 Å². The monoisotopic (exact) mass is 231 g/mol. The van der Waals surface area contributed by atoms with Gasteiger partial charge >= 0.3 is 0 Å². The van der Waals surface area contributed by atoms with Crippen molar-refractivity contribution in [3.05, 3.63) is 18.2 Å². The second kappa shape index (κ2) is 3.42. The van der Waals surface area contributed by atoms with Gasteiger partial charge in [0.2, 0.25) is 5.65 Å². The van der Waals surface area contributed by atoms with Crippen LogP contribution in [-0.4, -0.2) is 25.1 Å². The van der Waals surface area contributed by atoms with Gasteiger partial charge in [-0.25, -0.2) is 4.98 Å². The van der Waals surface area contributed by atoms with Crippen molar-refractivity contribution in [2.75, 3.05) is 5.32 Å². The Morgan fingerprint density at radius 2 is 2.12 bits per heavy atom. The average molecular weight is 231 g/mol. The molecule has 1 fully saturated rings. The molecule has 0 radical (unpaired) electrons. The number of hydrogen-bond acceptors (Lipinski definition) is 4. The topological polar surface area (TPSA) is 55.1 Å². The van der Waals surface area contributed by atoms with Crippen molar-refractivity contribution in [2.45, 2.75) is 39.2 Å². The summed E-state index contributed by atoms with van der Waals surface area (Å²) in [6, 6.07) is 0. The summed E-state index contributed by atoms with van der Waals surface area (Å²) < 4.78 is 1.96. The Hall–Kier alpha value is -1.65. The van der Waals surface area contributed by atoms with E-state index in [1.807, 2.05) is 17.5 Å². The number of nitrogens with one attached hydrogen (secondary N) is 1. The lowest BCUT2D eigenvalue weighted by molar-refractivity contribution is 0.493. The lowest BCUT2D eigenvalue weighted by atomic mass is 9.99. The van der Waals surface area contributed by atoms with Crippen LogP contribution in [0.25, 0.3) is 5.65 Å². The molecular formula is C12H17N5. The molecule has 2 aromatic rings. The highest BCUT2D eigenvalue weighted by atomic mass is 15.3. The van der Waals surface area contributed by atoms with Crippen LogP contribution >= 0.6 is 0 Å². The van der Waals surface area contributed by atoms with E-state index < -0.39 is 0 Å². The number of rotatable bonds is 3. The van der Waals surface area contributed by atoms with E-state index in [1.54, 1.807) is 6.20 Å². The molecular weight excluding hydrogens is 214 g/mol. The lowest BCUT2D eigenvalue weighted by Crippen LogP contribution is -2.33. The van der Waals surface area contributed by atoms with Gasteiger partial charge in [-0.2, -0.15) is 0 Å². The van der Waals surface area contributed by atoms with Gasteiger partial charge in [-0.05, 0) is 39.5 Å². The highest BCUT2D eigenvalue weighted by molar-refractivity contribution is 5.63. The van der Waals surface area contributed by atoms with Gasteiger partial charge in [-0.15, -0.1) is 10.2 Å². The molecule has 17 heavy (non-hydrogen) atoms. The minimum atomic E-state index is 0.0781. The third-order valence-electron chi connectivity index (χ3n) is 3.54. The number of hydrogen-bond donors (Lipinski definition) is 1. The Kier molecular flexibility index (Phi) is 2.11. The first-order valence-electron chi connectivity index (χ1n) is 6.02. The smallest absolute Gasteiger partial charge is 0.203 e. The molecule has 0 amide bonds. The first-order valence-corrected chi connectivity index (χ1v) is 6.02. The fourth-order valence-electron chi connectivity index (χ4n) is 2.24. The molecule has 2 heterocycles. The molecule has 0 aromatic carbocycles. The van der Waals surface area contributed by atoms with Gasteiger partial charge in [0.25, 0.3) is 0 Å². The summed E-state index contributed by atoms with van der Waals surface area (Å²) in [4.78, 5) is 4.38. The summed E-state index contributed by atoms with van der Waals surface area (Å²) in [5.74, 6) is 2.45. The summed E-state index contributed by atoms with van der Waals surface area (Å²) in [5.41, 5.74) is 0.882. The van der Waals surface area contributed by atoms with Crippen LogP contribution in [0.15, 0.2) is 12.4 Å². The minimum Gasteiger partial charge on any atom is -0.362 e. The second-order valence-corrected chi connectivity index (χ2v) is 5.34. The van der Waals surface area contributed by atoms with E-state index in [2.05, 4.69) is 34.3 Å². The van der Waals surface area contributed by atoms with E-state index in [-0.39, 0.29) is 5.54 Å². The van der Waals surface area contributed by atoms with Crippen molar-refractivity contribution in [1.29, 1.82) is 0 Å². The molecule has 0 spiro atoms. The highest BCUT2D eigenvalue weighted by Crippen LogP contribution is 2.41.